The van der Waals surface area contributed by atoms with Crippen molar-refractivity contribution in [2.45, 2.75) is 25.8 Å². The number of ether oxygens (including phenoxy) is 1. The van der Waals surface area contributed by atoms with E-state index in [1.807, 2.05) is 6.92 Å². The van der Waals surface area contributed by atoms with Crippen molar-refractivity contribution in [1.29, 1.82) is 0 Å². The van der Waals surface area contributed by atoms with Crippen LogP contribution in [0.2, 0.25) is 0 Å². The first-order valence-electron chi connectivity index (χ1n) is 5.68. The zero-order chi connectivity index (χ0) is 12.7. The van der Waals surface area contributed by atoms with Gasteiger partial charge in [0.05, 0.1) is 12.6 Å². The summed E-state index contributed by atoms with van der Waals surface area (Å²) in [5, 5.41) is 12.4. The molecule has 0 aliphatic heterocycles. The first-order valence-corrected chi connectivity index (χ1v) is 5.68. The van der Waals surface area contributed by atoms with Gasteiger partial charge in [0.25, 0.3) is 0 Å². The lowest BCUT2D eigenvalue weighted by Gasteiger charge is -2.18. The summed E-state index contributed by atoms with van der Waals surface area (Å²) in [4.78, 5) is 8.10. The maximum atomic E-state index is 9.25. The largest absolute Gasteiger partial charge is 0.394 e. The summed E-state index contributed by atoms with van der Waals surface area (Å²) in [6.45, 7) is 2.60. The average molecular weight is 240 g/mol. The number of hydrogen-bond donors (Lipinski definition) is 3. The molecule has 1 aromatic rings. The minimum absolute atomic E-state index is 0.0242. The molecule has 4 N–H and O–H groups in total. The summed E-state index contributed by atoms with van der Waals surface area (Å²) in [7, 11) is 1.63. The van der Waals surface area contributed by atoms with Gasteiger partial charge >= 0.3 is 0 Å². The van der Waals surface area contributed by atoms with Crippen molar-refractivity contribution in [1.82, 2.24) is 9.97 Å². The molecule has 1 aromatic heterocycles. The van der Waals surface area contributed by atoms with E-state index in [2.05, 4.69) is 15.3 Å². The molecule has 0 bridgehead atoms. The highest BCUT2D eigenvalue weighted by Crippen LogP contribution is 2.18. The van der Waals surface area contributed by atoms with E-state index >= 15 is 0 Å². The van der Waals surface area contributed by atoms with Crippen LogP contribution >= 0.6 is 0 Å². The zero-order valence-electron chi connectivity index (χ0n) is 10.3. The van der Waals surface area contributed by atoms with E-state index in [1.54, 1.807) is 7.11 Å². The molecule has 6 heteroatoms. The van der Waals surface area contributed by atoms with Gasteiger partial charge in [-0.3, -0.25) is 0 Å². The van der Waals surface area contributed by atoms with Crippen LogP contribution in [0.4, 0.5) is 11.6 Å². The van der Waals surface area contributed by atoms with Crippen molar-refractivity contribution in [3.8, 4) is 0 Å². The molecule has 1 heterocycles. The molecule has 0 radical (unpaired) electrons. The Labute approximate surface area is 101 Å². The van der Waals surface area contributed by atoms with Crippen LogP contribution < -0.4 is 11.1 Å². The maximum absolute atomic E-state index is 9.25. The summed E-state index contributed by atoms with van der Waals surface area (Å²) < 4.78 is 4.98. The molecule has 0 amide bonds. The van der Waals surface area contributed by atoms with Gasteiger partial charge in [-0.25, -0.2) is 9.97 Å². The van der Waals surface area contributed by atoms with Crippen molar-refractivity contribution >= 4 is 11.6 Å². The van der Waals surface area contributed by atoms with E-state index in [0.29, 0.717) is 24.7 Å². The molecule has 6 nitrogen and oxygen atoms in total. The molecule has 96 valence electrons. The Bertz CT molecular complexity index is 346. The SMILES string of the molecule is CCc1c(N)ncnc1NC(CO)CCOC. The summed E-state index contributed by atoms with van der Waals surface area (Å²) in [5.41, 5.74) is 6.65. The van der Waals surface area contributed by atoms with Gasteiger partial charge in [0.2, 0.25) is 0 Å². The predicted octanol–water partition coefficient (Wildman–Crippen LogP) is 0.430. The van der Waals surface area contributed by atoms with Crippen LogP contribution in [-0.2, 0) is 11.2 Å². The number of aliphatic hydroxyl groups excluding tert-OH is 1. The van der Waals surface area contributed by atoms with Gasteiger partial charge in [-0.2, -0.15) is 0 Å². The number of aromatic nitrogens is 2. The molecule has 0 spiro atoms. The minimum atomic E-state index is -0.0884. The lowest BCUT2D eigenvalue weighted by atomic mass is 10.2. The van der Waals surface area contributed by atoms with E-state index in [4.69, 9.17) is 10.5 Å². The Hall–Kier alpha value is -1.40. The molecule has 1 unspecified atom stereocenters. The molecule has 0 aliphatic rings. The van der Waals surface area contributed by atoms with Crippen LogP contribution in [-0.4, -0.2) is 41.4 Å². The Morgan fingerprint density at radius 1 is 1.53 bits per heavy atom. The van der Waals surface area contributed by atoms with E-state index < -0.39 is 0 Å². The number of anilines is 2. The van der Waals surface area contributed by atoms with Crippen molar-refractivity contribution in [3.05, 3.63) is 11.9 Å². The van der Waals surface area contributed by atoms with Gasteiger partial charge in [0.15, 0.2) is 0 Å². The molecule has 0 saturated carbocycles. The van der Waals surface area contributed by atoms with Gasteiger partial charge in [-0.05, 0) is 12.8 Å². The summed E-state index contributed by atoms with van der Waals surface area (Å²) >= 11 is 0. The lowest BCUT2D eigenvalue weighted by molar-refractivity contribution is 0.174. The molecular weight excluding hydrogens is 220 g/mol. The Kier molecular flexibility index (Phi) is 5.65. The summed E-state index contributed by atoms with van der Waals surface area (Å²) in [5.74, 6) is 1.17. The third-order valence-electron chi connectivity index (χ3n) is 2.56. The molecule has 0 saturated heterocycles. The highest BCUT2D eigenvalue weighted by molar-refractivity contribution is 5.55. The van der Waals surface area contributed by atoms with Gasteiger partial charge in [0.1, 0.15) is 18.0 Å². The van der Waals surface area contributed by atoms with Crippen molar-refractivity contribution in [3.63, 3.8) is 0 Å². The van der Waals surface area contributed by atoms with Crippen molar-refractivity contribution in [2.75, 3.05) is 31.4 Å². The fourth-order valence-electron chi connectivity index (χ4n) is 1.56. The van der Waals surface area contributed by atoms with E-state index in [1.165, 1.54) is 6.33 Å². The van der Waals surface area contributed by atoms with E-state index in [0.717, 1.165) is 12.0 Å². The molecular formula is C11H20N4O2. The first-order chi connectivity index (χ1) is 8.22. The molecule has 0 aromatic carbocycles. The Balaban J connectivity index is 2.74. The standard InChI is InChI=1S/C11H20N4O2/c1-3-9-10(12)13-7-14-11(9)15-8(6-16)4-5-17-2/h7-8,16H,3-6H2,1-2H3,(H3,12,13,14,15). The number of aliphatic hydroxyl groups is 1. The van der Waals surface area contributed by atoms with Crippen LogP contribution in [0.5, 0.6) is 0 Å². The van der Waals surface area contributed by atoms with Crippen LogP contribution in [0, 0.1) is 0 Å². The molecule has 0 fully saturated rings. The summed E-state index contributed by atoms with van der Waals surface area (Å²) in [6, 6.07) is -0.0884. The number of hydrogen-bond acceptors (Lipinski definition) is 6. The van der Waals surface area contributed by atoms with Crippen molar-refractivity contribution in [2.24, 2.45) is 0 Å². The third kappa shape index (κ3) is 3.83. The van der Waals surface area contributed by atoms with Crippen LogP contribution in [0.15, 0.2) is 6.33 Å². The Morgan fingerprint density at radius 2 is 2.29 bits per heavy atom. The van der Waals surface area contributed by atoms with E-state index in [-0.39, 0.29) is 12.6 Å². The van der Waals surface area contributed by atoms with Gasteiger partial charge in [-0.15, -0.1) is 0 Å². The minimum Gasteiger partial charge on any atom is -0.394 e. The second-order valence-corrected chi connectivity index (χ2v) is 3.74. The van der Waals surface area contributed by atoms with Crippen LogP contribution in [0.25, 0.3) is 0 Å². The smallest absolute Gasteiger partial charge is 0.134 e. The second-order valence-electron chi connectivity index (χ2n) is 3.74. The van der Waals surface area contributed by atoms with Gasteiger partial charge in [0, 0.05) is 19.3 Å². The lowest BCUT2D eigenvalue weighted by Crippen LogP contribution is -2.26. The number of nitrogens with zero attached hydrogens (tertiary/aromatic N) is 2. The number of nitrogens with two attached hydrogens (primary N) is 1. The first kappa shape index (κ1) is 13.7. The fraction of sp³-hybridized carbons (Fsp3) is 0.636. The summed E-state index contributed by atoms with van der Waals surface area (Å²) in [6.07, 6.45) is 2.87. The third-order valence-corrected chi connectivity index (χ3v) is 2.56. The molecule has 1 rings (SSSR count). The highest BCUT2D eigenvalue weighted by Gasteiger charge is 2.12. The quantitative estimate of drug-likeness (QED) is 0.640. The predicted molar refractivity (Wildman–Crippen MR) is 66.8 cm³/mol. The topological polar surface area (TPSA) is 93.3 Å². The number of methoxy groups -OCH3 is 1. The highest BCUT2D eigenvalue weighted by atomic mass is 16.5. The van der Waals surface area contributed by atoms with Gasteiger partial charge < -0.3 is 20.9 Å². The Morgan fingerprint density at radius 3 is 2.88 bits per heavy atom. The number of nitrogen functional groups attached to an aromatic ring is 1. The molecule has 17 heavy (non-hydrogen) atoms. The van der Waals surface area contributed by atoms with Crippen LogP contribution in [0.3, 0.4) is 0 Å². The maximum Gasteiger partial charge on any atom is 0.134 e. The molecule has 0 aliphatic carbocycles. The van der Waals surface area contributed by atoms with E-state index in [9.17, 15) is 5.11 Å². The average Bonchev–Trinajstić information content (AvgIpc) is 2.34. The number of nitrogens with one attached hydrogen (secondary N) is 1. The fourth-order valence-corrected chi connectivity index (χ4v) is 1.56. The number of rotatable bonds is 7. The normalized spacial score (nSPS) is 12.4. The molecule has 1 atom stereocenters. The van der Waals surface area contributed by atoms with Gasteiger partial charge in [-0.1, -0.05) is 6.92 Å². The monoisotopic (exact) mass is 240 g/mol. The zero-order valence-corrected chi connectivity index (χ0v) is 10.3. The van der Waals surface area contributed by atoms with Crippen LogP contribution in [0.1, 0.15) is 18.9 Å². The second kappa shape index (κ2) is 7.03. The van der Waals surface area contributed by atoms with Crippen molar-refractivity contribution < 1.29 is 9.84 Å².